The molecule has 0 saturated carbocycles. The number of benzene rings is 2. The Labute approximate surface area is 181 Å². The van der Waals surface area contributed by atoms with Gasteiger partial charge < -0.3 is 14.6 Å². The van der Waals surface area contributed by atoms with Gasteiger partial charge in [-0.2, -0.15) is 4.31 Å². The van der Waals surface area contributed by atoms with E-state index in [0.29, 0.717) is 32.1 Å². The number of hydrogen-bond donors (Lipinski definition) is 1. The van der Waals surface area contributed by atoms with Crippen molar-refractivity contribution in [2.75, 3.05) is 26.3 Å². The summed E-state index contributed by atoms with van der Waals surface area (Å²) >= 11 is 0. The van der Waals surface area contributed by atoms with Gasteiger partial charge in [0.25, 0.3) is 5.91 Å². The molecular weight excluding hydrogens is 416 g/mol. The average molecular weight is 441 g/mol. The van der Waals surface area contributed by atoms with E-state index in [2.05, 4.69) is 10.3 Å². The molecule has 1 saturated heterocycles. The number of ether oxygens (including phenoxy) is 1. The molecule has 31 heavy (non-hydrogen) atoms. The van der Waals surface area contributed by atoms with Crippen LogP contribution in [0.15, 0.2) is 71.9 Å². The molecule has 0 bridgehead atoms. The number of sulfonamides is 1. The van der Waals surface area contributed by atoms with Crippen molar-refractivity contribution in [2.45, 2.75) is 10.9 Å². The van der Waals surface area contributed by atoms with E-state index in [1.54, 1.807) is 18.3 Å². The van der Waals surface area contributed by atoms with E-state index in [0.717, 1.165) is 5.56 Å². The van der Waals surface area contributed by atoms with E-state index in [9.17, 15) is 13.2 Å². The number of aryl methyl sites for hydroxylation is 1. The van der Waals surface area contributed by atoms with Gasteiger partial charge in [-0.05, 0) is 23.8 Å². The summed E-state index contributed by atoms with van der Waals surface area (Å²) < 4.78 is 34.4. The van der Waals surface area contributed by atoms with Crippen LogP contribution in [0, 0.1) is 0 Å². The summed E-state index contributed by atoms with van der Waals surface area (Å²) in [6.07, 6.45) is 3.49. The Morgan fingerprint density at radius 2 is 1.84 bits per heavy atom. The largest absolute Gasteiger partial charge is 0.379 e. The maximum Gasteiger partial charge on any atom is 0.252 e. The number of carbonyl (C=O) groups excluding carboxylic acids is 1. The van der Waals surface area contributed by atoms with E-state index in [4.69, 9.17) is 4.74 Å². The zero-order chi connectivity index (χ0) is 21.8. The molecule has 162 valence electrons. The normalized spacial score (nSPS) is 16.0. The van der Waals surface area contributed by atoms with Crippen LogP contribution < -0.4 is 5.32 Å². The monoisotopic (exact) mass is 440 g/mol. The molecule has 3 aromatic rings. The molecule has 1 atom stereocenters. The van der Waals surface area contributed by atoms with Gasteiger partial charge in [0.05, 0.1) is 18.1 Å². The molecule has 0 spiro atoms. The highest BCUT2D eigenvalue weighted by Gasteiger charge is 2.27. The van der Waals surface area contributed by atoms with Gasteiger partial charge in [0.1, 0.15) is 11.9 Å². The second kappa shape index (κ2) is 9.01. The molecule has 1 amide bonds. The summed E-state index contributed by atoms with van der Waals surface area (Å²) in [7, 11) is -1.83. The summed E-state index contributed by atoms with van der Waals surface area (Å²) in [6, 6.07) is 15.2. The topological polar surface area (TPSA) is 93.5 Å². The Morgan fingerprint density at radius 3 is 2.52 bits per heavy atom. The van der Waals surface area contributed by atoms with Crippen LogP contribution in [0.4, 0.5) is 0 Å². The first-order valence-corrected chi connectivity index (χ1v) is 11.4. The molecular formula is C22H24N4O4S. The van der Waals surface area contributed by atoms with Crippen LogP contribution in [-0.2, 0) is 21.8 Å². The fraction of sp³-hybridized carbons (Fsp3) is 0.273. The minimum Gasteiger partial charge on any atom is -0.379 e. The number of amides is 1. The highest BCUT2D eigenvalue weighted by molar-refractivity contribution is 7.89. The summed E-state index contributed by atoms with van der Waals surface area (Å²) in [6.45, 7) is 1.33. The van der Waals surface area contributed by atoms with Crippen LogP contribution in [-0.4, -0.2) is 54.5 Å². The van der Waals surface area contributed by atoms with Gasteiger partial charge in [0.15, 0.2) is 0 Å². The first-order chi connectivity index (χ1) is 15.0. The van der Waals surface area contributed by atoms with Crippen LogP contribution in [0.5, 0.6) is 0 Å². The molecule has 0 aliphatic carbocycles. The van der Waals surface area contributed by atoms with Crippen LogP contribution in [0.2, 0.25) is 0 Å². The first-order valence-electron chi connectivity index (χ1n) is 9.98. The lowest BCUT2D eigenvalue weighted by molar-refractivity contribution is 0.0730. The predicted molar refractivity (Wildman–Crippen MR) is 115 cm³/mol. The van der Waals surface area contributed by atoms with Gasteiger partial charge in [-0.3, -0.25) is 4.79 Å². The van der Waals surface area contributed by atoms with Gasteiger partial charge in [-0.15, -0.1) is 0 Å². The molecule has 1 aromatic heterocycles. The fourth-order valence-electron chi connectivity index (χ4n) is 3.55. The van der Waals surface area contributed by atoms with Crippen molar-refractivity contribution < 1.29 is 17.9 Å². The lowest BCUT2D eigenvalue weighted by Gasteiger charge is -2.26. The SMILES string of the molecule is Cn1ccnc1C(NC(=O)c1cccc(S(=O)(=O)N2CCOCC2)c1)c1ccccc1. The Balaban J connectivity index is 1.62. The number of rotatable bonds is 6. The van der Waals surface area contributed by atoms with Crippen molar-refractivity contribution in [1.29, 1.82) is 0 Å². The number of nitrogens with zero attached hydrogens (tertiary/aromatic N) is 3. The number of morpholine rings is 1. The Kier molecular flexibility index (Phi) is 6.17. The summed E-state index contributed by atoms with van der Waals surface area (Å²) in [5.41, 5.74) is 1.15. The zero-order valence-corrected chi connectivity index (χ0v) is 18.0. The van der Waals surface area contributed by atoms with Crippen molar-refractivity contribution in [3.63, 3.8) is 0 Å². The fourth-order valence-corrected chi connectivity index (χ4v) is 5.00. The van der Waals surface area contributed by atoms with E-state index < -0.39 is 16.1 Å². The second-order valence-electron chi connectivity index (χ2n) is 7.26. The Hall–Kier alpha value is -3.01. The van der Waals surface area contributed by atoms with Gasteiger partial charge in [0.2, 0.25) is 10.0 Å². The molecule has 9 heteroatoms. The maximum absolute atomic E-state index is 13.1. The molecule has 1 N–H and O–H groups in total. The number of aromatic nitrogens is 2. The van der Waals surface area contributed by atoms with Crippen molar-refractivity contribution in [3.8, 4) is 0 Å². The lowest BCUT2D eigenvalue weighted by atomic mass is 10.1. The molecule has 4 rings (SSSR count). The molecule has 2 aromatic carbocycles. The first kappa shape index (κ1) is 21.2. The summed E-state index contributed by atoms with van der Waals surface area (Å²) in [5, 5.41) is 3.00. The molecule has 1 unspecified atom stereocenters. The van der Waals surface area contributed by atoms with Gasteiger partial charge in [0, 0.05) is 38.1 Å². The lowest BCUT2D eigenvalue weighted by Crippen LogP contribution is -2.40. The third-order valence-corrected chi connectivity index (χ3v) is 7.12. The molecule has 1 aliphatic heterocycles. The molecule has 0 radical (unpaired) electrons. The van der Waals surface area contributed by atoms with E-state index in [-0.39, 0.29) is 16.4 Å². The number of carbonyl (C=O) groups is 1. The van der Waals surface area contributed by atoms with Crippen molar-refractivity contribution in [3.05, 3.63) is 83.9 Å². The number of imidazole rings is 1. The predicted octanol–water partition coefficient (Wildman–Crippen LogP) is 1.96. The third kappa shape index (κ3) is 4.53. The smallest absolute Gasteiger partial charge is 0.252 e. The van der Waals surface area contributed by atoms with Gasteiger partial charge >= 0.3 is 0 Å². The highest BCUT2D eigenvalue weighted by atomic mass is 32.2. The van der Waals surface area contributed by atoms with Gasteiger partial charge in [-0.1, -0.05) is 36.4 Å². The molecule has 1 fully saturated rings. The van der Waals surface area contributed by atoms with Gasteiger partial charge in [-0.25, -0.2) is 13.4 Å². The van der Waals surface area contributed by atoms with E-state index in [1.807, 2.05) is 48.1 Å². The minimum atomic E-state index is -3.69. The molecule has 2 heterocycles. The quantitative estimate of drug-likeness (QED) is 0.633. The van der Waals surface area contributed by atoms with E-state index >= 15 is 0 Å². The van der Waals surface area contributed by atoms with Crippen LogP contribution >= 0.6 is 0 Å². The van der Waals surface area contributed by atoms with Crippen molar-refractivity contribution >= 4 is 15.9 Å². The molecule has 1 aliphatic rings. The number of nitrogens with one attached hydrogen (secondary N) is 1. The summed E-state index contributed by atoms with van der Waals surface area (Å²) in [5.74, 6) is 0.299. The third-order valence-electron chi connectivity index (χ3n) is 5.23. The Morgan fingerprint density at radius 1 is 1.10 bits per heavy atom. The second-order valence-corrected chi connectivity index (χ2v) is 9.20. The summed E-state index contributed by atoms with van der Waals surface area (Å²) in [4.78, 5) is 17.6. The van der Waals surface area contributed by atoms with Crippen molar-refractivity contribution in [1.82, 2.24) is 19.2 Å². The van der Waals surface area contributed by atoms with Crippen molar-refractivity contribution in [2.24, 2.45) is 7.05 Å². The van der Waals surface area contributed by atoms with Crippen LogP contribution in [0.25, 0.3) is 0 Å². The molecule has 8 nitrogen and oxygen atoms in total. The van der Waals surface area contributed by atoms with Crippen LogP contribution in [0.1, 0.15) is 27.8 Å². The van der Waals surface area contributed by atoms with E-state index in [1.165, 1.54) is 16.4 Å². The minimum absolute atomic E-state index is 0.0929. The standard InChI is InChI=1S/C22H24N4O4S/c1-25-11-10-23-21(25)20(17-6-3-2-4-7-17)24-22(27)18-8-5-9-19(16-18)31(28,29)26-12-14-30-15-13-26/h2-11,16,20H,12-15H2,1H3,(H,24,27). The average Bonchev–Trinajstić information content (AvgIpc) is 3.24. The maximum atomic E-state index is 13.1. The van der Waals surface area contributed by atoms with Crippen LogP contribution in [0.3, 0.4) is 0 Å². The zero-order valence-electron chi connectivity index (χ0n) is 17.1. The highest BCUT2D eigenvalue weighted by Crippen LogP contribution is 2.22. The number of hydrogen-bond acceptors (Lipinski definition) is 5. The Bertz CT molecular complexity index is 1160.